The van der Waals surface area contributed by atoms with E-state index >= 15 is 0 Å². The zero-order chi connectivity index (χ0) is 17.5. The van der Waals surface area contributed by atoms with Crippen LogP contribution in [0.15, 0.2) is 41.3 Å². The van der Waals surface area contributed by atoms with E-state index in [0.29, 0.717) is 18.8 Å². The van der Waals surface area contributed by atoms with Crippen molar-refractivity contribution in [1.82, 2.24) is 4.57 Å². The Balaban J connectivity index is 2.04. The monoisotopic (exact) mass is 334 g/mol. The van der Waals surface area contributed by atoms with Crippen molar-refractivity contribution in [2.75, 3.05) is 25.6 Å². The Labute approximate surface area is 138 Å². The van der Waals surface area contributed by atoms with E-state index in [2.05, 4.69) is 5.32 Å². The smallest absolute Gasteiger partial charge is 0.262 e. The first-order valence-electron chi connectivity index (χ1n) is 7.39. The number of ether oxygens (including phenoxy) is 2. The summed E-state index contributed by atoms with van der Waals surface area (Å²) in [5.74, 6) is -0.993. The van der Waals surface area contributed by atoms with Crippen LogP contribution in [0, 0.1) is 12.7 Å². The van der Waals surface area contributed by atoms with Crippen molar-refractivity contribution in [3.05, 3.63) is 58.3 Å². The zero-order valence-electron chi connectivity index (χ0n) is 13.5. The van der Waals surface area contributed by atoms with Gasteiger partial charge in [-0.2, -0.15) is 0 Å². The van der Waals surface area contributed by atoms with Gasteiger partial charge in [0.05, 0.1) is 18.0 Å². The summed E-state index contributed by atoms with van der Waals surface area (Å²) in [7, 11) is 1.59. The van der Waals surface area contributed by atoms with E-state index in [0.717, 1.165) is 0 Å². The SMILES string of the molecule is COCCn1ccc(=O)c(OCC(=O)Nc2ccccc2F)c1C. The maximum Gasteiger partial charge on any atom is 0.262 e. The van der Waals surface area contributed by atoms with E-state index in [1.54, 1.807) is 30.9 Å². The lowest BCUT2D eigenvalue weighted by Crippen LogP contribution is -2.24. The van der Waals surface area contributed by atoms with Gasteiger partial charge in [-0.05, 0) is 19.1 Å². The number of nitrogens with zero attached hydrogens (tertiary/aromatic N) is 1. The van der Waals surface area contributed by atoms with Gasteiger partial charge in [-0.25, -0.2) is 4.39 Å². The first-order chi connectivity index (χ1) is 11.5. The lowest BCUT2D eigenvalue weighted by Gasteiger charge is -2.14. The van der Waals surface area contributed by atoms with Crippen molar-refractivity contribution in [3.8, 4) is 5.75 Å². The molecule has 0 saturated carbocycles. The highest BCUT2D eigenvalue weighted by atomic mass is 19.1. The van der Waals surface area contributed by atoms with Crippen LogP contribution in [0.25, 0.3) is 0 Å². The fourth-order valence-corrected chi connectivity index (χ4v) is 2.15. The Morgan fingerprint density at radius 3 is 2.75 bits per heavy atom. The van der Waals surface area contributed by atoms with Crippen molar-refractivity contribution < 1.29 is 18.7 Å². The van der Waals surface area contributed by atoms with E-state index in [4.69, 9.17) is 9.47 Å². The van der Waals surface area contributed by atoms with Gasteiger partial charge in [0.2, 0.25) is 5.43 Å². The van der Waals surface area contributed by atoms with Gasteiger partial charge in [-0.3, -0.25) is 9.59 Å². The average Bonchev–Trinajstić information content (AvgIpc) is 2.56. The summed E-state index contributed by atoms with van der Waals surface area (Å²) in [4.78, 5) is 23.8. The van der Waals surface area contributed by atoms with E-state index < -0.39 is 18.3 Å². The van der Waals surface area contributed by atoms with Gasteiger partial charge in [-0.15, -0.1) is 0 Å². The number of carbonyl (C=O) groups excluding carboxylic acids is 1. The number of pyridine rings is 1. The van der Waals surface area contributed by atoms with Crippen LogP contribution >= 0.6 is 0 Å². The van der Waals surface area contributed by atoms with E-state index in [1.165, 1.54) is 24.3 Å². The van der Waals surface area contributed by atoms with Gasteiger partial charge < -0.3 is 19.4 Å². The first kappa shape index (κ1) is 17.7. The highest BCUT2D eigenvalue weighted by molar-refractivity contribution is 5.91. The third-order valence-electron chi connectivity index (χ3n) is 3.42. The van der Waals surface area contributed by atoms with Crippen LogP contribution in [-0.4, -0.2) is 30.8 Å². The molecule has 1 N–H and O–H groups in total. The van der Waals surface area contributed by atoms with Crippen molar-refractivity contribution in [3.63, 3.8) is 0 Å². The molecule has 0 aliphatic heterocycles. The summed E-state index contributed by atoms with van der Waals surface area (Å²) < 4.78 is 25.7. The maximum atomic E-state index is 13.5. The minimum atomic E-state index is -0.550. The summed E-state index contributed by atoms with van der Waals surface area (Å²) in [5, 5.41) is 2.40. The summed E-state index contributed by atoms with van der Waals surface area (Å²) in [6.07, 6.45) is 1.64. The van der Waals surface area contributed by atoms with Crippen LogP contribution in [0.3, 0.4) is 0 Å². The third kappa shape index (κ3) is 4.42. The number of hydrogen-bond donors (Lipinski definition) is 1. The third-order valence-corrected chi connectivity index (χ3v) is 3.42. The molecule has 0 unspecified atom stereocenters. The van der Waals surface area contributed by atoms with E-state index in [9.17, 15) is 14.0 Å². The Morgan fingerprint density at radius 2 is 2.04 bits per heavy atom. The molecular weight excluding hydrogens is 315 g/mol. The average molecular weight is 334 g/mol. The number of hydrogen-bond acceptors (Lipinski definition) is 4. The van der Waals surface area contributed by atoms with Crippen LogP contribution in [-0.2, 0) is 16.1 Å². The van der Waals surface area contributed by atoms with Gasteiger partial charge in [0.25, 0.3) is 5.91 Å². The molecule has 1 aromatic heterocycles. The molecule has 0 atom stereocenters. The van der Waals surface area contributed by atoms with Crippen LogP contribution in [0.1, 0.15) is 5.69 Å². The van der Waals surface area contributed by atoms with Gasteiger partial charge in [0.15, 0.2) is 12.4 Å². The number of amides is 1. The fourth-order valence-electron chi connectivity index (χ4n) is 2.15. The number of anilines is 1. The molecule has 0 saturated heterocycles. The molecule has 24 heavy (non-hydrogen) atoms. The van der Waals surface area contributed by atoms with Crippen molar-refractivity contribution in [2.24, 2.45) is 0 Å². The van der Waals surface area contributed by atoms with Gasteiger partial charge in [-0.1, -0.05) is 12.1 Å². The maximum absolute atomic E-state index is 13.5. The number of benzene rings is 1. The molecule has 2 aromatic rings. The number of methoxy groups -OCH3 is 1. The quantitative estimate of drug-likeness (QED) is 0.840. The predicted molar refractivity (Wildman–Crippen MR) is 87.8 cm³/mol. The molecule has 1 aromatic carbocycles. The summed E-state index contributed by atoms with van der Waals surface area (Å²) in [5.41, 5.74) is 0.339. The summed E-state index contributed by atoms with van der Waals surface area (Å²) in [6.45, 7) is 2.37. The van der Waals surface area contributed by atoms with Crippen LogP contribution < -0.4 is 15.5 Å². The standard InChI is InChI=1S/C17H19FN2O4/c1-12-17(15(21)7-8-20(12)9-10-23-2)24-11-16(22)19-14-6-4-3-5-13(14)18/h3-8H,9-11H2,1-2H3,(H,19,22). The topological polar surface area (TPSA) is 69.6 Å². The zero-order valence-corrected chi connectivity index (χ0v) is 13.5. The molecule has 2 rings (SSSR count). The number of carbonyl (C=O) groups is 1. The second kappa shape index (κ2) is 8.26. The van der Waals surface area contributed by atoms with Crippen molar-refractivity contribution in [2.45, 2.75) is 13.5 Å². The molecule has 0 spiro atoms. The van der Waals surface area contributed by atoms with E-state index in [-0.39, 0.29) is 16.9 Å². The Kier molecular flexibility index (Phi) is 6.08. The summed E-state index contributed by atoms with van der Waals surface area (Å²) in [6, 6.07) is 7.18. The van der Waals surface area contributed by atoms with E-state index in [1.807, 2.05) is 0 Å². The largest absolute Gasteiger partial charge is 0.478 e. The lowest BCUT2D eigenvalue weighted by molar-refractivity contribution is -0.118. The molecule has 1 amide bonds. The lowest BCUT2D eigenvalue weighted by atomic mass is 10.3. The highest BCUT2D eigenvalue weighted by Crippen LogP contribution is 2.14. The summed E-state index contributed by atoms with van der Waals surface area (Å²) >= 11 is 0. The fraction of sp³-hybridized carbons (Fsp3) is 0.294. The molecule has 1 heterocycles. The minimum absolute atomic E-state index is 0.0633. The van der Waals surface area contributed by atoms with Gasteiger partial charge >= 0.3 is 0 Å². The Hall–Kier alpha value is -2.67. The molecule has 128 valence electrons. The number of halogens is 1. The second-order valence-electron chi connectivity index (χ2n) is 5.10. The molecule has 6 nitrogen and oxygen atoms in total. The molecule has 0 bridgehead atoms. The highest BCUT2D eigenvalue weighted by Gasteiger charge is 2.12. The van der Waals surface area contributed by atoms with Crippen LogP contribution in [0.4, 0.5) is 10.1 Å². The minimum Gasteiger partial charge on any atom is -0.478 e. The number of aromatic nitrogens is 1. The van der Waals surface area contributed by atoms with Crippen LogP contribution in [0.2, 0.25) is 0 Å². The van der Waals surface area contributed by atoms with Gasteiger partial charge in [0, 0.05) is 25.9 Å². The number of para-hydroxylation sites is 1. The molecule has 0 fully saturated rings. The predicted octanol–water partition coefficient (Wildman–Crippen LogP) is 1.96. The Bertz CT molecular complexity index is 773. The molecule has 7 heteroatoms. The molecule has 0 aliphatic carbocycles. The molecule has 0 aliphatic rings. The van der Waals surface area contributed by atoms with Crippen molar-refractivity contribution >= 4 is 11.6 Å². The molecular formula is C17H19FN2O4. The normalized spacial score (nSPS) is 10.5. The number of nitrogens with one attached hydrogen (secondary N) is 1. The Morgan fingerprint density at radius 1 is 1.29 bits per heavy atom. The number of rotatable bonds is 7. The van der Waals surface area contributed by atoms with Gasteiger partial charge in [0.1, 0.15) is 5.82 Å². The van der Waals surface area contributed by atoms with Crippen LogP contribution in [0.5, 0.6) is 5.75 Å². The van der Waals surface area contributed by atoms with Crippen molar-refractivity contribution in [1.29, 1.82) is 0 Å². The first-order valence-corrected chi connectivity index (χ1v) is 7.39. The molecule has 0 radical (unpaired) electrons. The second-order valence-corrected chi connectivity index (χ2v) is 5.10.